The van der Waals surface area contributed by atoms with Crippen LogP contribution < -0.4 is 10.2 Å². The summed E-state index contributed by atoms with van der Waals surface area (Å²) in [5, 5.41) is 4.64. The molecule has 0 bridgehead atoms. The standard InChI is InChI=1S/C11H12N4/c1-2-7(1)15-6-14-9-5-13-11-8(10(9)15)3-4-12-11/h3-5,7,14H,1-2,6H2,(H,12,13). The molecule has 0 spiro atoms. The van der Waals surface area contributed by atoms with Gasteiger partial charge in [-0.25, -0.2) is 4.98 Å². The lowest BCUT2D eigenvalue weighted by molar-refractivity contribution is 0.869. The van der Waals surface area contributed by atoms with Gasteiger partial charge in [-0.1, -0.05) is 0 Å². The van der Waals surface area contributed by atoms with Gasteiger partial charge in [0.2, 0.25) is 0 Å². The molecule has 0 saturated heterocycles. The Labute approximate surface area is 87.3 Å². The number of pyridine rings is 1. The molecule has 1 saturated carbocycles. The minimum absolute atomic E-state index is 0.749. The predicted octanol–water partition coefficient (Wildman–Crippen LogP) is 1.91. The van der Waals surface area contributed by atoms with E-state index in [0.717, 1.165) is 18.4 Å². The number of fused-ring (bicyclic) bond motifs is 3. The fourth-order valence-electron chi connectivity index (χ4n) is 2.38. The third-order valence-electron chi connectivity index (χ3n) is 3.27. The molecular formula is C11H12N4. The Bertz CT molecular complexity index is 526. The monoisotopic (exact) mass is 200 g/mol. The molecule has 1 aliphatic carbocycles. The van der Waals surface area contributed by atoms with Crippen LogP contribution in [-0.2, 0) is 0 Å². The average molecular weight is 200 g/mol. The molecule has 2 N–H and O–H groups in total. The maximum absolute atomic E-state index is 4.38. The molecular weight excluding hydrogens is 188 g/mol. The molecule has 2 aliphatic rings. The second kappa shape index (κ2) is 2.45. The highest BCUT2D eigenvalue weighted by Crippen LogP contribution is 2.42. The minimum Gasteiger partial charge on any atom is -0.365 e. The van der Waals surface area contributed by atoms with E-state index in [1.54, 1.807) is 0 Å². The molecule has 4 rings (SSSR count). The SMILES string of the molecule is c1cc2c3c(cnc2[nH]1)NCN3C1CC1. The summed E-state index contributed by atoms with van der Waals surface area (Å²) in [6.07, 6.45) is 6.54. The van der Waals surface area contributed by atoms with Crippen LogP contribution in [-0.4, -0.2) is 22.7 Å². The van der Waals surface area contributed by atoms with Gasteiger partial charge in [-0.2, -0.15) is 0 Å². The van der Waals surface area contributed by atoms with Crippen molar-refractivity contribution in [3.8, 4) is 0 Å². The highest BCUT2D eigenvalue weighted by Gasteiger charge is 2.34. The number of aromatic nitrogens is 2. The van der Waals surface area contributed by atoms with Crippen LogP contribution in [0.25, 0.3) is 11.0 Å². The van der Waals surface area contributed by atoms with Crippen molar-refractivity contribution in [2.45, 2.75) is 18.9 Å². The maximum Gasteiger partial charge on any atom is 0.139 e. The summed E-state index contributed by atoms with van der Waals surface area (Å²) in [4.78, 5) is 10.0. The molecule has 0 atom stereocenters. The Morgan fingerprint density at radius 3 is 3.20 bits per heavy atom. The van der Waals surface area contributed by atoms with Crippen LogP contribution in [0, 0.1) is 0 Å². The van der Waals surface area contributed by atoms with Crippen LogP contribution in [0.5, 0.6) is 0 Å². The van der Waals surface area contributed by atoms with Gasteiger partial charge < -0.3 is 15.2 Å². The van der Waals surface area contributed by atoms with Crippen LogP contribution >= 0.6 is 0 Å². The quantitative estimate of drug-likeness (QED) is 0.739. The Morgan fingerprint density at radius 2 is 2.33 bits per heavy atom. The number of H-pyrrole nitrogens is 1. The van der Waals surface area contributed by atoms with Gasteiger partial charge in [-0.15, -0.1) is 0 Å². The summed E-state index contributed by atoms with van der Waals surface area (Å²) in [5.41, 5.74) is 3.50. The first-order valence-corrected chi connectivity index (χ1v) is 5.40. The third-order valence-corrected chi connectivity index (χ3v) is 3.27. The molecule has 1 fully saturated rings. The number of hydrogen-bond donors (Lipinski definition) is 2. The molecule has 15 heavy (non-hydrogen) atoms. The Hall–Kier alpha value is -1.71. The van der Waals surface area contributed by atoms with Crippen molar-refractivity contribution in [1.29, 1.82) is 0 Å². The van der Waals surface area contributed by atoms with E-state index < -0.39 is 0 Å². The fraction of sp³-hybridized carbons (Fsp3) is 0.364. The van der Waals surface area contributed by atoms with Gasteiger partial charge in [0.05, 0.1) is 24.2 Å². The van der Waals surface area contributed by atoms with Crippen molar-refractivity contribution in [3.63, 3.8) is 0 Å². The molecule has 0 aromatic carbocycles. The van der Waals surface area contributed by atoms with Crippen molar-refractivity contribution < 1.29 is 0 Å². The smallest absolute Gasteiger partial charge is 0.139 e. The van der Waals surface area contributed by atoms with Crippen LogP contribution in [0.1, 0.15) is 12.8 Å². The van der Waals surface area contributed by atoms with E-state index in [4.69, 9.17) is 0 Å². The van der Waals surface area contributed by atoms with Crippen LogP contribution in [0.2, 0.25) is 0 Å². The molecule has 4 nitrogen and oxygen atoms in total. The summed E-state index contributed by atoms with van der Waals surface area (Å²) in [6, 6.07) is 2.86. The average Bonchev–Trinajstić information content (AvgIpc) is 2.84. The van der Waals surface area contributed by atoms with E-state index >= 15 is 0 Å². The number of aromatic amines is 1. The van der Waals surface area contributed by atoms with Crippen molar-refractivity contribution in [2.24, 2.45) is 0 Å². The molecule has 0 amide bonds. The van der Waals surface area contributed by atoms with Gasteiger partial charge >= 0.3 is 0 Å². The first-order chi connectivity index (χ1) is 7.43. The first-order valence-electron chi connectivity index (χ1n) is 5.40. The summed E-state index contributed by atoms with van der Waals surface area (Å²) < 4.78 is 0. The summed E-state index contributed by atoms with van der Waals surface area (Å²) >= 11 is 0. The molecule has 76 valence electrons. The molecule has 4 heteroatoms. The molecule has 2 aromatic heterocycles. The minimum atomic E-state index is 0.749. The largest absolute Gasteiger partial charge is 0.365 e. The summed E-state index contributed by atoms with van der Waals surface area (Å²) in [5.74, 6) is 0. The lowest BCUT2D eigenvalue weighted by Gasteiger charge is -2.17. The van der Waals surface area contributed by atoms with Crippen LogP contribution in [0.3, 0.4) is 0 Å². The molecule has 0 radical (unpaired) electrons. The van der Waals surface area contributed by atoms with Gasteiger partial charge in [0.15, 0.2) is 0 Å². The van der Waals surface area contributed by atoms with Gasteiger partial charge in [0, 0.05) is 17.6 Å². The van der Waals surface area contributed by atoms with Crippen molar-refractivity contribution in [3.05, 3.63) is 18.5 Å². The predicted molar refractivity (Wildman–Crippen MR) is 60.1 cm³/mol. The Kier molecular flexibility index (Phi) is 1.24. The second-order valence-electron chi connectivity index (χ2n) is 4.30. The zero-order chi connectivity index (χ0) is 9.83. The van der Waals surface area contributed by atoms with E-state index in [9.17, 15) is 0 Å². The van der Waals surface area contributed by atoms with Crippen molar-refractivity contribution >= 4 is 22.4 Å². The number of nitrogens with one attached hydrogen (secondary N) is 2. The van der Waals surface area contributed by atoms with Crippen LogP contribution in [0.15, 0.2) is 18.5 Å². The lowest BCUT2D eigenvalue weighted by Crippen LogP contribution is -2.24. The van der Waals surface area contributed by atoms with E-state index in [1.807, 2.05) is 12.4 Å². The lowest BCUT2D eigenvalue weighted by atomic mass is 10.2. The number of rotatable bonds is 1. The number of hydrogen-bond acceptors (Lipinski definition) is 3. The molecule has 2 aromatic rings. The van der Waals surface area contributed by atoms with Crippen LogP contribution in [0.4, 0.5) is 11.4 Å². The summed E-state index contributed by atoms with van der Waals surface area (Å²) in [6.45, 7) is 0.936. The van der Waals surface area contributed by atoms with E-state index in [0.29, 0.717) is 0 Å². The molecule has 0 unspecified atom stereocenters. The number of anilines is 2. The van der Waals surface area contributed by atoms with Crippen molar-refractivity contribution in [1.82, 2.24) is 9.97 Å². The second-order valence-corrected chi connectivity index (χ2v) is 4.30. The highest BCUT2D eigenvalue weighted by molar-refractivity contribution is 5.99. The van der Waals surface area contributed by atoms with E-state index in [2.05, 4.69) is 26.3 Å². The summed E-state index contributed by atoms with van der Waals surface area (Å²) in [7, 11) is 0. The van der Waals surface area contributed by atoms with E-state index in [1.165, 1.54) is 29.6 Å². The molecule has 3 heterocycles. The highest BCUT2D eigenvalue weighted by atomic mass is 15.3. The normalized spacial score (nSPS) is 19.3. The van der Waals surface area contributed by atoms with Gasteiger partial charge in [-0.3, -0.25) is 0 Å². The Balaban J connectivity index is 2.00. The Morgan fingerprint density at radius 1 is 1.40 bits per heavy atom. The first kappa shape index (κ1) is 7.56. The zero-order valence-electron chi connectivity index (χ0n) is 8.33. The van der Waals surface area contributed by atoms with Gasteiger partial charge in [0.25, 0.3) is 0 Å². The zero-order valence-corrected chi connectivity index (χ0v) is 8.33. The van der Waals surface area contributed by atoms with E-state index in [-0.39, 0.29) is 0 Å². The fourth-order valence-corrected chi connectivity index (χ4v) is 2.38. The van der Waals surface area contributed by atoms with Gasteiger partial charge in [0.1, 0.15) is 5.65 Å². The topological polar surface area (TPSA) is 44.0 Å². The van der Waals surface area contributed by atoms with Gasteiger partial charge in [-0.05, 0) is 18.9 Å². The number of nitrogens with zero attached hydrogens (tertiary/aromatic N) is 2. The third kappa shape index (κ3) is 0.936. The van der Waals surface area contributed by atoms with Crippen molar-refractivity contribution in [2.75, 3.05) is 16.9 Å². The molecule has 1 aliphatic heterocycles. The maximum atomic E-state index is 4.38.